The van der Waals surface area contributed by atoms with Crippen molar-refractivity contribution in [3.05, 3.63) is 112 Å². The molecule has 1 heterocycles. The lowest BCUT2D eigenvalue weighted by Gasteiger charge is -2.27. The van der Waals surface area contributed by atoms with Crippen LogP contribution in [-0.4, -0.2) is 30.9 Å². The average Bonchev–Trinajstić information content (AvgIpc) is 2.87. The van der Waals surface area contributed by atoms with Crippen LogP contribution in [-0.2, 0) is 4.79 Å². The number of nitrogens with zero attached hydrogens (tertiary/aromatic N) is 1. The molecule has 0 aliphatic carbocycles. The van der Waals surface area contributed by atoms with Crippen molar-refractivity contribution in [2.45, 2.75) is 53.0 Å². The lowest BCUT2D eigenvalue weighted by Crippen LogP contribution is -2.27. The van der Waals surface area contributed by atoms with E-state index in [9.17, 15) is 4.79 Å². The van der Waals surface area contributed by atoms with Crippen LogP contribution in [0.15, 0.2) is 90.1 Å². The summed E-state index contributed by atoms with van der Waals surface area (Å²) in [5, 5.41) is 3.13. The number of hydrogen-bond donors (Lipinski definition) is 1. The summed E-state index contributed by atoms with van der Waals surface area (Å²) >= 11 is 0. The molecule has 3 nitrogen and oxygen atoms in total. The number of amides is 1. The van der Waals surface area contributed by atoms with Crippen molar-refractivity contribution in [3.63, 3.8) is 0 Å². The van der Waals surface area contributed by atoms with E-state index in [1.807, 2.05) is 26.0 Å². The monoisotopic (exact) mass is 468 g/mol. The van der Waals surface area contributed by atoms with Crippen molar-refractivity contribution in [3.8, 4) is 0 Å². The number of likely N-dealkylation sites (tertiary alicyclic amines) is 1. The SMILES string of the molecule is C=C/C(=C\C(=C/C)CC)C(=O)NC(C)c1ccc(C(=C2CCN(C)CC2)c2ccc(C)cc2)cc1. The van der Waals surface area contributed by atoms with Crippen molar-refractivity contribution < 1.29 is 4.79 Å². The normalized spacial score (nSPS) is 16.1. The van der Waals surface area contributed by atoms with Crippen molar-refractivity contribution >= 4 is 11.5 Å². The lowest BCUT2D eigenvalue weighted by molar-refractivity contribution is -0.117. The van der Waals surface area contributed by atoms with Crippen molar-refractivity contribution in [2.24, 2.45) is 0 Å². The van der Waals surface area contributed by atoms with Gasteiger partial charge in [-0.3, -0.25) is 4.79 Å². The van der Waals surface area contributed by atoms with Gasteiger partial charge in [-0.15, -0.1) is 0 Å². The maximum atomic E-state index is 12.9. The minimum atomic E-state index is -0.102. The van der Waals surface area contributed by atoms with Gasteiger partial charge in [0.2, 0.25) is 0 Å². The van der Waals surface area contributed by atoms with Gasteiger partial charge in [0.05, 0.1) is 6.04 Å². The molecule has 0 saturated carbocycles. The Morgan fingerprint density at radius 3 is 2.14 bits per heavy atom. The second-order valence-electron chi connectivity index (χ2n) is 9.49. The van der Waals surface area contributed by atoms with Crippen LogP contribution in [0.25, 0.3) is 5.57 Å². The van der Waals surface area contributed by atoms with E-state index in [1.54, 1.807) is 6.08 Å². The Morgan fingerprint density at radius 2 is 1.63 bits per heavy atom. The first-order chi connectivity index (χ1) is 16.9. The molecule has 1 saturated heterocycles. The summed E-state index contributed by atoms with van der Waals surface area (Å²) in [5.74, 6) is -0.0989. The first-order valence-electron chi connectivity index (χ1n) is 12.7. The standard InChI is InChI=1S/C32H40N2O/c1-7-25(8-2)22-26(9-3)32(35)33-24(5)27-14-16-29(17-15-27)31(28-12-10-23(4)11-13-28)30-18-20-34(6)21-19-30/h7,9-17,22,24H,3,8,18-21H2,1-2,4-6H3,(H,33,35)/b25-7-,26-22+. The third-order valence-corrected chi connectivity index (χ3v) is 6.93. The summed E-state index contributed by atoms with van der Waals surface area (Å²) in [4.78, 5) is 15.3. The quantitative estimate of drug-likeness (QED) is 0.329. The molecule has 0 aromatic heterocycles. The Labute approximate surface area is 211 Å². The minimum Gasteiger partial charge on any atom is -0.346 e. The maximum absolute atomic E-state index is 12.9. The molecule has 1 atom stereocenters. The van der Waals surface area contributed by atoms with Crippen LogP contribution in [0, 0.1) is 6.92 Å². The Bertz CT molecular complexity index is 1110. The lowest BCUT2D eigenvalue weighted by atomic mass is 9.87. The molecule has 2 aromatic rings. The van der Waals surface area contributed by atoms with Gasteiger partial charge in [-0.05, 0) is 75.4 Å². The largest absolute Gasteiger partial charge is 0.346 e. The Kier molecular flexibility index (Phi) is 9.45. The Morgan fingerprint density at radius 1 is 1.06 bits per heavy atom. The fourth-order valence-electron chi connectivity index (χ4n) is 4.54. The molecule has 184 valence electrons. The summed E-state index contributed by atoms with van der Waals surface area (Å²) in [7, 11) is 2.20. The van der Waals surface area contributed by atoms with Crippen molar-refractivity contribution in [1.82, 2.24) is 10.2 Å². The zero-order valence-corrected chi connectivity index (χ0v) is 22.0. The highest BCUT2D eigenvalue weighted by molar-refractivity contribution is 5.96. The van der Waals surface area contributed by atoms with Crippen LogP contribution in [0.4, 0.5) is 0 Å². The Hall–Kier alpha value is -3.17. The summed E-state index contributed by atoms with van der Waals surface area (Å²) in [6.45, 7) is 14.3. The van der Waals surface area contributed by atoms with Gasteiger partial charge in [0.1, 0.15) is 0 Å². The number of carbonyl (C=O) groups excluding carboxylic acids is 1. The van der Waals surface area contributed by atoms with E-state index in [2.05, 4.69) is 86.2 Å². The zero-order valence-electron chi connectivity index (χ0n) is 22.0. The van der Waals surface area contributed by atoms with Gasteiger partial charge in [0, 0.05) is 18.7 Å². The van der Waals surface area contributed by atoms with E-state index in [0.717, 1.165) is 43.5 Å². The number of piperidine rings is 1. The highest BCUT2D eigenvalue weighted by Crippen LogP contribution is 2.33. The first kappa shape index (κ1) is 26.4. The van der Waals surface area contributed by atoms with Gasteiger partial charge in [0.15, 0.2) is 0 Å². The van der Waals surface area contributed by atoms with Crippen molar-refractivity contribution in [1.29, 1.82) is 0 Å². The van der Waals surface area contributed by atoms with Gasteiger partial charge in [-0.25, -0.2) is 0 Å². The molecule has 0 bridgehead atoms. The molecular weight excluding hydrogens is 428 g/mol. The molecule has 3 heteroatoms. The molecule has 1 aliphatic rings. The molecule has 1 aliphatic heterocycles. The van der Waals surface area contributed by atoms with Crippen molar-refractivity contribution in [2.75, 3.05) is 20.1 Å². The van der Waals surface area contributed by atoms with Gasteiger partial charge < -0.3 is 10.2 Å². The number of allylic oxidation sites excluding steroid dienone is 3. The fraction of sp³-hybridized carbons (Fsp3) is 0.344. The molecule has 1 fully saturated rings. The number of benzene rings is 2. The molecule has 35 heavy (non-hydrogen) atoms. The van der Waals surface area contributed by atoms with Gasteiger partial charge in [-0.2, -0.15) is 0 Å². The number of aryl methyl sites for hydroxylation is 1. The third-order valence-electron chi connectivity index (χ3n) is 6.93. The van der Waals surface area contributed by atoms with E-state index in [1.165, 1.54) is 27.8 Å². The molecule has 1 N–H and O–H groups in total. The predicted molar refractivity (Wildman–Crippen MR) is 149 cm³/mol. The molecule has 1 amide bonds. The minimum absolute atomic E-state index is 0.0989. The molecular formula is C32H40N2O. The molecule has 1 unspecified atom stereocenters. The van der Waals surface area contributed by atoms with Crippen LogP contribution in [0.1, 0.15) is 68.3 Å². The highest BCUT2D eigenvalue weighted by Gasteiger charge is 2.18. The van der Waals surface area contributed by atoms with E-state index in [-0.39, 0.29) is 11.9 Å². The topological polar surface area (TPSA) is 32.3 Å². The number of carbonyl (C=O) groups is 1. The van der Waals surface area contributed by atoms with Crippen LogP contribution in [0.3, 0.4) is 0 Å². The number of hydrogen-bond acceptors (Lipinski definition) is 2. The van der Waals surface area contributed by atoms with Gasteiger partial charge in [-0.1, -0.05) is 90.9 Å². The second kappa shape index (κ2) is 12.5. The van der Waals surface area contributed by atoms with E-state index in [4.69, 9.17) is 0 Å². The van der Waals surface area contributed by atoms with E-state index >= 15 is 0 Å². The van der Waals surface area contributed by atoms with E-state index < -0.39 is 0 Å². The fourth-order valence-corrected chi connectivity index (χ4v) is 4.54. The van der Waals surface area contributed by atoms with E-state index in [0.29, 0.717) is 5.57 Å². The highest BCUT2D eigenvalue weighted by atomic mass is 16.1. The van der Waals surface area contributed by atoms with Crippen LogP contribution < -0.4 is 5.32 Å². The predicted octanol–water partition coefficient (Wildman–Crippen LogP) is 7.17. The number of nitrogens with one attached hydrogen (secondary N) is 1. The molecule has 2 aromatic carbocycles. The number of rotatable bonds is 8. The molecule has 0 radical (unpaired) electrons. The third kappa shape index (κ3) is 6.93. The molecule has 3 rings (SSSR count). The summed E-state index contributed by atoms with van der Waals surface area (Å²) in [5.41, 5.74) is 9.48. The maximum Gasteiger partial charge on any atom is 0.251 e. The Balaban J connectivity index is 1.85. The average molecular weight is 469 g/mol. The first-order valence-corrected chi connectivity index (χ1v) is 12.7. The van der Waals surface area contributed by atoms with Gasteiger partial charge >= 0.3 is 0 Å². The van der Waals surface area contributed by atoms with Gasteiger partial charge in [0.25, 0.3) is 5.91 Å². The summed E-state index contributed by atoms with van der Waals surface area (Å²) in [6.07, 6.45) is 8.65. The zero-order chi connectivity index (χ0) is 25.4. The second-order valence-corrected chi connectivity index (χ2v) is 9.49. The van der Waals surface area contributed by atoms with Crippen LogP contribution >= 0.6 is 0 Å². The molecule has 0 spiro atoms. The van der Waals surface area contributed by atoms with Crippen LogP contribution in [0.5, 0.6) is 0 Å². The smallest absolute Gasteiger partial charge is 0.251 e. The summed E-state index contributed by atoms with van der Waals surface area (Å²) in [6, 6.07) is 17.5. The summed E-state index contributed by atoms with van der Waals surface area (Å²) < 4.78 is 0. The van der Waals surface area contributed by atoms with Crippen LogP contribution in [0.2, 0.25) is 0 Å².